The highest BCUT2D eigenvalue weighted by atomic mass is 79.9. The third-order valence-electron chi connectivity index (χ3n) is 2.85. The lowest BCUT2D eigenvalue weighted by Gasteiger charge is -2.13. The van der Waals surface area contributed by atoms with E-state index in [0.29, 0.717) is 12.0 Å². The molecular formula is C14H16BrFO3. The molecule has 0 saturated carbocycles. The fourth-order valence-corrected chi connectivity index (χ4v) is 2.14. The number of unbranched alkanes of at least 4 members (excludes halogenated alkanes) is 1. The van der Waals surface area contributed by atoms with Crippen molar-refractivity contribution in [3.63, 3.8) is 0 Å². The van der Waals surface area contributed by atoms with Gasteiger partial charge in [0, 0.05) is 5.56 Å². The van der Waals surface area contributed by atoms with E-state index in [4.69, 9.17) is 0 Å². The maximum absolute atomic E-state index is 13.1. The first-order valence-corrected chi connectivity index (χ1v) is 6.87. The summed E-state index contributed by atoms with van der Waals surface area (Å²) in [6.45, 7) is 1.98. The maximum atomic E-state index is 13.1. The molecule has 1 unspecified atom stereocenters. The highest BCUT2D eigenvalue weighted by Crippen LogP contribution is 2.22. The topological polar surface area (TPSA) is 43.4 Å². The molecule has 1 aromatic carbocycles. The van der Waals surface area contributed by atoms with E-state index < -0.39 is 17.7 Å². The molecule has 0 aliphatic carbocycles. The van der Waals surface area contributed by atoms with Gasteiger partial charge in [-0.3, -0.25) is 9.59 Å². The summed E-state index contributed by atoms with van der Waals surface area (Å²) in [5.74, 6) is -2.14. The summed E-state index contributed by atoms with van der Waals surface area (Å²) in [4.78, 5) is 23.9. The molecule has 0 bridgehead atoms. The van der Waals surface area contributed by atoms with Crippen LogP contribution in [-0.4, -0.2) is 18.9 Å². The molecule has 0 amide bonds. The minimum Gasteiger partial charge on any atom is -0.468 e. The van der Waals surface area contributed by atoms with E-state index in [9.17, 15) is 14.0 Å². The molecule has 0 aliphatic heterocycles. The van der Waals surface area contributed by atoms with E-state index >= 15 is 0 Å². The third-order valence-corrected chi connectivity index (χ3v) is 3.46. The first-order valence-electron chi connectivity index (χ1n) is 6.08. The van der Waals surface area contributed by atoms with Crippen molar-refractivity contribution in [3.05, 3.63) is 34.1 Å². The van der Waals surface area contributed by atoms with Crippen LogP contribution in [0.5, 0.6) is 0 Å². The second-order valence-electron chi connectivity index (χ2n) is 4.21. The fraction of sp³-hybridized carbons (Fsp3) is 0.429. The Morgan fingerprint density at radius 2 is 2.11 bits per heavy atom. The number of methoxy groups -OCH3 is 1. The number of esters is 1. The number of rotatable bonds is 6. The standard InChI is InChI=1S/C14H16BrFO3/c1-3-4-5-10(14(18)19-2)13(17)9-6-7-12(16)11(15)8-9/h6-8,10H,3-5H2,1-2H3. The van der Waals surface area contributed by atoms with Crippen molar-refractivity contribution in [2.24, 2.45) is 5.92 Å². The van der Waals surface area contributed by atoms with E-state index in [0.717, 1.165) is 12.8 Å². The summed E-state index contributed by atoms with van der Waals surface area (Å²) >= 11 is 3.03. The maximum Gasteiger partial charge on any atom is 0.316 e. The first-order chi connectivity index (χ1) is 9.01. The summed E-state index contributed by atoms with van der Waals surface area (Å²) in [6, 6.07) is 3.97. The zero-order chi connectivity index (χ0) is 14.4. The molecule has 3 nitrogen and oxygen atoms in total. The summed E-state index contributed by atoms with van der Waals surface area (Å²) in [6.07, 6.45) is 2.08. The molecule has 0 aromatic heterocycles. The van der Waals surface area contributed by atoms with Gasteiger partial charge >= 0.3 is 5.97 Å². The van der Waals surface area contributed by atoms with Gasteiger partial charge in [-0.05, 0) is 40.5 Å². The Morgan fingerprint density at radius 3 is 2.63 bits per heavy atom. The van der Waals surface area contributed by atoms with Gasteiger partial charge in [-0.15, -0.1) is 0 Å². The highest BCUT2D eigenvalue weighted by Gasteiger charge is 2.28. The Morgan fingerprint density at radius 1 is 1.42 bits per heavy atom. The van der Waals surface area contributed by atoms with Crippen LogP contribution in [0.4, 0.5) is 4.39 Å². The Kier molecular flexibility index (Phi) is 6.15. The van der Waals surface area contributed by atoms with Crippen LogP contribution in [0, 0.1) is 11.7 Å². The molecule has 1 aromatic rings. The molecule has 0 spiro atoms. The zero-order valence-electron chi connectivity index (χ0n) is 10.9. The molecular weight excluding hydrogens is 315 g/mol. The van der Waals surface area contributed by atoms with Crippen LogP contribution < -0.4 is 0 Å². The van der Waals surface area contributed by atoms with Gasteiger partial charge in [-0.1, -0.05) is 19.8 Å². The van der Waals surface area contributed by atoms with Crippen molar-refractivity contribution < 1.29 is 18.7 Å². The molecule has 0 aliphatic rings. The van der Waals surface area contributed by atoms with Gasteiger partial charge in [0.05, 0.1) is 11.6 Å². The lowest BCUT2D eigenvalue weighted by molar-refractivity contribution is -0.143. The van der Waals surface area contributed by atoms with Crippen LogP contribution in [0.25, 0.3) is 0 Å². The monoisotopic (exact) mass is 330 g/mol. The van der Waals surface area contributed by atoms with E-state index in [1.165, 1.54) is 25.3 Å². The van der Waals surface area contributed by atoms with Crippen molar-refractivity contribution in [2.45, 2.75) is 26.2 Å². The summed E-state index contributed by atoms with van der Waals surface area (Å²) < 4.78 is 18.0. The number of carbonyl (C=O) groups is 2. The average Bonchev–Trinajstić information content (AvgIpc) is 2.41. The quantitative estimate of drug-likeness (QED) is 0.453. The molecule has 0 N–H and O–H groups in total. The predicted octanol–water partition coefficient (Wildman–Crippen LogP) is 3.75. The zero-order valence-corrected chi connectivity index (χ0v) is 12.5. The first kappa shape index (κ1) is 15.8. The number of halogens is 2. The molecule has 0 radical (unpaired) electrons. The molecule has 19 heavy (non-hydrogen) atoms. The Balaban J connectivity index is 2.97. The Hall–Kier alpha value is -1.23. The minimum absolute atomic E-state index is 0.206. The number of carbonyl (C=O) groups excluding carboxylic acids is 2. The second kappa shape index (κ2) is 7.38. The number of hydrogen-bond acceptors (Lipinski definition) is 3. The van der Waals surface area contributed by atoms with Crippen molar-refractivity contribution in [2.75, 3.05) is 7.11 Å². The minimum atomic E-state index is -0.817. The van der Waals surface area contributed by atoms with Gasteiger partial charge in [-0.2, -0.15) is 0 Å². The molecule has 0 heterocycles. The smallest absolute Gasteiger partial charge is 0.316 e. The Bertz CT molecular complexity index is 474. The number of hydrogen-bond donors (Lipinski definition) is 0. The van der Waals surface area contributed by atoms with E-state index in [2.05, 4.69) is 20.7 Å². The van der Waals surface area contributed by atoms with Crippen molar-refractivity contribution >= 4 is 27.7 Å². The van der Waals surface area contributed by atoms with E-state index in [1.807, 2.05) is 6.92 Å². The van der Waals surface area contributed by atoms with Crippen molar-refractivity contribution in [1.82, 2.24) is 0 Å². The molecule has 0 saturated heterocycles. The normalized spacial score (nSPS) is 12.0. The van der Waals surface area contributed by atoms with Crippen LogP contribution >= 0.6 is 15.9 Å². The van der Waals surface area contributed by atoms with Crippen LogP contribution in [0.15, 0.2) is 22.7 Å². The van der Waals surface area contributed by atoms with Crippen LogP contribution in [0.3, 0.4) is 0 Å². The predicted molar refractivity (Wildman–Crippen MR) is 73.5 cm³/mol. The average molecular weight is 331 g/mol. The second-order valence-corrected chi connectivity index (χ2v) is 5.07. The number of benzene rings is 1. The SMILES string of the molecule is CCCCC(C(=O)OC)C(=O)c1ccc(F)c(Br)c1. The molecule has 1 rings (SSSR count). The molecule has 5 heteroatoms. The summed E-state index contributed by atoms with van der Waals surface area (Å²) in [5.41, 5.74) is 0.305. The van der Waals surface area contributed by atoms with Gasteiger partial charge in [0.15, 0.2) is 5.78 Å². The van der Waals surface area contributed by atoms with Crippen LogP contribution in [0.1, 0.15) is 36.5 Å². The number of Topliss-reactive ketones (excluding diaryl/α,β-unsaturated/α-hetero) is 1. The summed E-state index contributed by atoms with van der Waals surface area (Å²) in [5, 5.41) is 0. The van der Waals surface area contributed by atoms with Crippen molar-refractivity contribution in [3.8, 4) is 0 Å². The van der Waals surface area contributed by atoms with Gasteiger partial charge in [0.1, 0.15) is 11.7 Å². The van der Waals surface area contributed by atoms with Crippen molar-refractivity contribution in [1.29, 1.82) is 0 Å². The number of ether oxygens (including phenoxy) is 1. The van der Waals surface area contributed by atoms with Gasteiger partial charge in [0.25, 0.3) is 0 Å². The van der Waals surface area contributed by atoms with Gasteiger partial charge in [-0.25, -0.2) is 4.39 Å². The van der Waals surface area contributed by atoms with Gasteiger partial charge < -0.3 is 4.74 Å². The lowest BCUT2D eigenvalue weighted by Crippen LogP contribution is -2.25. The van der Waals surface area contributed by atoms with E-state index in [1.54, 1.807) is 0 Å². The molecule has 1 atom stereocenters. The summed E-state index contributed by atoms with van der Waals surface area (Å²) in [7, 11) is 1.26. The number of ketones is 1. The van der Waals surface area contributed by atoms with E-state index in [-0.39, 0.29) is 10.3 Å². The van der Waals surface area contributed by atoms with Crippen LogP contribution in [-0.2, 0) is 9.53 Å². The molecule has 0 fully saturated rings. The Labute approximate surface area is 120 Å². The largest absolute Gasteiger partial charge is 0.468 e. The fourth-order valence-electron chi connectivity index (χ4n) is 1.76. The lowest BCUT2D eigenvalue weighted by atomic mass is 9.93. The third kappa shape index (κ3) is 4.13. The van der Waals surface area contributed by atoms with Gasteiger partial charge in [0.2, 0.25) is 0 Å². The highest BCUT2D eigenvalue weighted by molar-refractivity contribution is 9.10. The van der Waals surface area contributed by atoms with Crippen LogP contribution in [0.2, 0.25) is 0 Å². The molecule has 104 valence electrons.